The van der Waals surface area contributed by atoms with Crippen LogP contribution in [-0.2, 0) is 4.74 Å². The van der Waals surface area contributed by atoms with Crippen LogP contribution in [0.2, 0.25) is 0 Å². The third-order valence-electron chi connectivity index (χ3n) is 2.58. The van der Waals surface area contributed by atoms with Crippen LogP contribution in [-0.4, -0.2) is 30.5 Å². The SMILES string of the molecule is Cc1ccc(OC2COCCC2O)cc1. The zero-order valence-corrected chi connectivity index (χ0v) is 8.85. The summed E-state index contributed by atoms with van der Waals surface area (Å²) in [6.07, 6.45) is -0.00205. The lowest BCUT2D eigenvalue weighted by atomic mass is 10.1. The zero-order chi connectivity index (χ0) is 10.7. The van der Waals surface area contributed by atoms with Crippen LogP contribution < -0.4 is 4.74 Å². The fourth-order valence-electron chi connectivity index (χ4n) is 1.60. The van der Waals surface area contributed by atoms with E-state index in [0.29, 0.717) is 19.6 Å². The molecular formula is C12H16O3. The predicted molar refractivity (Wildman–Crippen MR) is 57.0 cm³/mol. The Morgan fingerprint density at radius 2 is 2.07 bits per heavy atom. The third kappa shape index (κ3) is 2.70. The van der Waals surface area contributed by atoms with E-state index in [4.69, 9.17) is 9.47 Å². The summed E-state index contributed by atoms with van der Waals surface area (Å²) < 4.78 is 10.9. The number of aliphatic hydroxyl groups excluding tert-OH is 1. The first-order valence-corrected chi connectivity index (χ1v) is 5.25. The van der Waals surface area contributed by atoms with Crippen LogP contribution >= 0.6 is 0 Å². The average molecular weight is 208 g/mol. The van der Waals surface area contributed by atoms with E-state index in [-0.39, 0.29) is 6.10 Å². The minimum absolute atomic E-state index is 0.235. The molecule has 1 aliphatic rings. The van der Waals surface area contributed by atoms with Crippen molar-refractivity contribution < 1.29 is 14.6 Å². The number of aryl methyl sites for hydroxylation is 1. The molecule has 0 aliphatic carbocycles. The van der Waals surface area contributed by atoms with Gasteiger partial charge in [0, 0.05) is 13.0 Å². The smallest absolute Gasteiger partial charge is 0.148 e. The lowest BCUT2D eigenvalue weighted by molar-refractivity contribution is -0.0735. The van der Waals surface area contributed by atoms with E-state index in [0.717, 1.165) is 5.75 Å². The Hall–Kier alpha value is -1.06. The maximum Gasteiger partial charge on any atom is 0.148 e. The molecule has 1 saturated heterocycles. The lowest BCUT2D eigenvalue weighted by Gasteiger charge is -2.28. The van der Waals surface area contributed by atoms with Gasteiger partial charge in [0.1, 0.15) is 11.9 Å². The van der Waals surface area contributed by atoms with Crippen molar-refractivity contribution in [3.05, 3.63) is 29.8 Å². The molecule has 1 heterocycles. The van der Waals surface area contributed by atoms with Gasteiger partial charge in [0.25, 0.3) is 0 Å². The van der Waals surface area contributed by atoms with Crippen LogP contribution in [0.5, 0.6) is 5.75 Å². The van der Waals surface area contributed by atoms with Gasteiger partial charge in [-0.3, -0.25) is 0 Å². The summed E-state index contributed by atoms with van der Waals surface area (Å²) in [5, 5.41) is 9.68. The highest BCUT2D eigenvalue weighted by Crippen LogP contribution is 2.18. The van der Waals surface area contributed by atoms with Crippen molar-refractivity contribution in [2.45, 2.75) is 25.6 Å². The molecule has 0 saturated carbocycles. The molecule has 3 heteroatoms. The summed E-state index contributed by atoms with van der Waals surface area (Å²) in [7, 11) is 0. The molecule has 1 aromatic carbocycles. The summed E-state index contributed by atoms with van der Waals surface area (Å²) in [6, 6.07) is 7.81. The fourth-order valence-corrected chi connectivity index (χ4v) is 1.60. The highest BCUT2D eigenvalue weighted by atomic mass is 16.5. The Labute approximate surface area is 89.6 Å². The largest absolute Gasteiger partial charge is 0.485 e. The summed E-state index contributed by atoms with van der Waals surface area (Å²) >= 11 is 0. The first kappa shape index (κ1) is 10.5. The van der Waals surface area contributed by atoms with Gasteiger partial charge in [0.15, 0.2) is 0 Å². The summed E-state index contributed by atoms with van der Waals surface area (Å²) in [6.45, 7) is 3.12. The van der Waals surface area contributed by atoms with Gasteiger partial charge in [-0.25, -0.2) is 0 Å². The molecule has 2 unspecified atom stereocenters. The first-order chi connectivity index (χ1) is 7.25. The summed E-state index contributed by atoms with van der Waals surface area (Å²) in [5.74, 6) is 0.787. The van der Waals surface area contributed by atoms with Crippen molar-refractivity contribution in [3.8, 4) is 5.75 Å². The van der Waals surface area contributed by atoms with Gasteiger partial charge in [-0.15, -0.1) is 0 Å². The maximum absolute atomic E-state index is 9.68. The Morgan fingerprint density at radius 1 is 1.33 bits per heavy atom. The number of hydrogen-bond donors (Lipinski definition) is 1. The van der Waals surface area contributed by atoms with Crippen LogP contribution in [0.25, 0.3) is 0 Å². The minimum atomic E-state index is -0.417. The van der Waals surface area contributed by atoms with Crippen LogP contribution in [0.1, 0.15) is 12.0 Å². The van der Waals surface area contributed by atoms with E-state index in [2.05, 4.69) is 0 Å². The highest BCUT2D eigenvalue weighted by Gasteiger charge is 2.25. The Morgan fingerprint density at radius 3 is 2.73 bits per heavy atom. The Bertz CT molecular complexity index is 307. The van der Waals surface area contributed by atoms with Gasteiger partial charge in [-0.05, 0) is 19.1 Å². The lowest BCUT2D eigenvalue weighted by Crippen LogP contribution is -2.40. The van der Waals surface area contributed by atoms with Crippen molar-refractivity contribution >= 4 is 0 Å². The van der Waals surface area contributed by atoms with Crippen LogP contribution in [0.3, 0.4) is 0 Å². The van der Waals surface area contributed by atoms with Gasteiger partial charge in [0.05, 0.1) is 12.7 Å². The first-order valence-electron chi connectivity index (χ1n) is 5.25. The molecule has 1 aliphatic heterocycles. The minimum Gasteiger partial charge on any atom is -0.485 e. The van der Waals surface area contributed by atoms with Crippen molar-refractivity contribution in [1.82, 2.24) is 0 Å². The molecule has 1 aromatic rings. The summed E-state index contributed by atoms with van der Waals surface area (Å²) in [5.41, 5.74) is 1.20. The molecule has 0 spiro atoms. The molecule has 3 nitrogen and oxygen atoms in total. The number of ether oxygens (including phenoxy) is 2. The monoisotopic (exact) mass is 208 g/mol. The van der Waals surface area contributed by atoms with Crippen molar-refractivity contribution in [2.24, 2.45) is 0 Å². The van der Waals surface area contributed by atoms with E-state index in [1.54, 1.807) is 0 Å². The Balaban J connectivity index is 1.98. The van der Waals surface area contributed by atoms with E-state index in [1.165, 1.54) is 5.56 Å². The van der Waals surface area contributed by atoms with Crippen molar-refractivity contribution in [1.29, 1.82) is 0 Å². The number of aliphatic hydroxyl groups is 1. The van der Waals surface area contributed by atoms with E-state index in [1.807, 2.05) is 31.2 Å². The predicted octanol–water partition coefficient (Wildman–Crippen LogP) is 1.52. The molecule has 0 aromatic heterocycles. The van der Waals surface area contributed by atoms with E-state index < -0.39 is 6.10 Å². The molecular weight excluding hydrogens is 192 g/mol. The van der Waals surface area contributed by atoms with Gasteiger partial charge in [-0.2, -0.15) is 0 Å². The molecule has 0 bridgehead atoms. The molecule has 2 rings (SSSR count). The molecule has 15 heavy (non-hydrogen) atoms. The van der Waals surface area contributed by atoms with Crippen molar-refractivity contribution in [2.75, 3.05) is 13.2 Å². The maximum atomic E-state index is 9.68. The second kappa shape index (κ2) is 4.64. The second-order valence-corrected chi connectivity index (χ2v) is 3.90. The quantitative estimate of drug-likeness (QED) is 0.801. The fraction of sp³-hybridized carbons (Fsp3) is 0.500. The summed E-state index contributed by atoms with van der Waals surface area (Å²) in [4.78, 5) is 0. The second-order valence-electron chi connectivity index (χ2n) is 3.90. The number of hydrogen-bond acceptors (Lipinski definition) is 3. The molecule has 1 N–H and O–H groups in total. The van der Waals surface area contributed by atoms with Crippen LogP contribution in [0.15, 0.2) is 24.3 Å². The van der Waals surface area contributed by atoms with Gasteiger partial charge in [-0.1, -0.05) is 17.7 Å². The third-order valence-corrected chi connectivity index (χ3v) is 2.58. The molecule has 0 radical (unpaired) electrons. The van der Waals surface area contributed by atoms with E-state index >= 15 is 0 Å². The standard InChI is InChI=1S/C12H16O3/c1-9-2-4-10(5-3-9)15-12-8-14-7-6-11(12)13/h2-5,11-13H,6-8H2,1H3. The number of benzene rings is 1. The number of rotatable bonds is 2. The van der Waals surface area contributed by atoms with Gasteiger partial charge < -0.3 is 14.6 Å². The zero-order valence-electron chi connectivity index (χ0n) is 8.85. The van der Waals surface area contributed by atoms with Gasteiger partial charge >= 0.3 is 0 Å². The van der Waals surface area contributed by atoms with Crippen molar-refractivity contribution in [3.63, 3.8) is 0 Å². The highest BCUT2D eigenvalue weighted by molar-refractivity contribution is 5.26. The molecule has 0 amide bonds. The molecule has 2 atom stereocenters. The van der Waals surface area contributed by atoms with Crippen LogP contribution in [0, 0.1) is 6.92 Å². The molecule has 1 fully saturated rings. The van der Waals surface area contributed by atoms with Gasteiger partial charge in [0.2, 0.25) is 0 Å². The van der Waals surface area contributed by atoms with E-state index in [9.17, 15) is 5.11 Å². The topological polar surface area (TPSA) is 38.7 Å². The normalized spacial score (nSPS) is 26.3. The van der Waals surface area contributed by atoms with Crippen LogP contribution in [0.4, 0.5) is 0 Å². The molecule has 82 valence electrons. The Kier molecular flexibility index (Phi) is 3.23. The average Bonchev–Trinajstić information content (AvgIpc) is 2.25.